The second kappa shape index (κ2) is 15.6. The van der Waals surface area contributed by atoms with Gasteiger partial charge in [0.1, 0.15) is 6.04 Å². The summed E-state index contributed by atoms with van der Waals surface area (Å²) in [7, 11) is 0. The van der Waals surface area contributed by atoms with Gasteiger partial charge in [0.05, 0.1) is 0 Å². The van der Waals surface area contributed by atoms with Crippen LogP contribution in [-0.4, -0.2) is 36.9 Å². The Hall–Kier alpha value is -1.59. The molecule has 0 aliphatic rings. The van der Waals surface area contributed by atoms with Crippen LogP contribution in [0.4, 0.5) is 0 Å². The van der Waals surface area contributed by atoms with Crippen molar-refractivity contribution in [2.45, 2.75) is 91.5 Å². The molecular weight excluding hydrogens is 330 g/mol. The molecule has 0 aromatic rings. The summed E-state index contributed by atoms with van der Waals surface area (Å²) in [6, 6.07) is -0.719. The zero-order valence-corrected chi connectivity index (χ0v) is 17.2. The summed E-state index contributed by atoms with van der Waals surface area (Å²) in [5, 5.41) is 8.20. The molecule has 6 heteroatoms. The van der Waals surface area contributed by atoms with Crippen LogP contribution < -0.4 is 16.0 Å². The first-order valence-electron chi connectivity index (χ1n) is 10.2. The summed E-state index contributed by atoms with van der Waals surface area (Å²) >= 11 is 0. The third-order valence-electron chi connectivity index (χ3n) is 4.24. The lowest BCUT2D eigenvalue weighted by molar-refractivity contribution is -0.129. The van der Waals surface area contributed by atoms with Crippen molar-refractivity contribution in [1.82, 2.24) is 16.0 Å². The molecule has 0 spiro atoms. The van der Waals surface area contributed by atoms with Gasteiger partial charge in [0.2, 0.25) is 17.7 Å². The largest absolute Gasteiger partial charge is 0.354 e. The first-order valence-corrected chi connectivity index (χ1v) is 10.2. The van der Waals surface area contributed by atoms with E-state index in [1.807, 2.05) is 0 Å². The minimum Gasteiger partial charge on any atom is -0.354 e. The highest BCUT2D eigenvalue weighted by Gasteiger charge is 2.20. The monoisotopic (exact) mass is 369 g/mol. The molecule has 0 radical (unpaired) electrons. The lowest BCUT2D eigenvalue weighted by Crippen LogP contribution is -2.52. The average molecular weight is 370 g/mol. The van der Waals surface area contributed by atoms with Crippen LogP contribution in [0.15, 0.2) is 0 Å². The molecule has 0 aliphatic carbocycles. The van der Waals surface area contributed by atoms with Crippen LogP contribution >= 0.6 is 0 Å². The van der Waals surface area contributed by atoms with Gasteiger partial charge in [-0.15, -0.1) is 0 Å². The summed E-state index contributed by atoms with van der Waals surface area (Å²) in [6.07, 6.45) is 9.31. The number of rotatable bonds is 15. The molecular formula is C20H39N3O3. The molecule has 152 valence electrons. The van der Waals surface area contributed by atoms with Gasteiger partial charge in [0.25, 0.3) is 0 Å². The Morgan fingerprint density at radius 2 is 1.50 bits per heavy atom. The van der Waals surface area contributed by atoms with Gasteiger partial charge in [-0.05, 0) is 18.8 Å². The predicted octanol–water partition coefficient (Wildman–Crippen LogP) is 2.91. The van der Waals surface area contributed by atoms with E-state index in [0.717, 1.165) is 25.7 Å². The molecule has 26 heavy (non-hydrogen) atoms. The molecule has 0 aromatic heterocycles. The van der Waals surface area contributed by atoms with E-state index < -0.39 is 6.04 Å². The van der Waals surface area contributed by atoms with E-state index in [0.29, 0.717) is 18.9 Å². The number of hydrogen-bond donors (Lipinski definition) is 3. The van der Waals surface area contributed by atoms with Crippen LogP contribution in [0.1, 0.15) is 85.5 Å². The lowest BCUT2D eigenvalue weighted by Gasteiger charge is -2.19. The van der Waals surface area contributed by atoms with E-state index in [4.69, 9.17) is 0 Å². The van der Waals surface area contributed by atoms with Crippen LogP contribution in [0.3, 0.4) is 0 Å². The molecule has 6 nitrogen and oxygen atoms in total. The molecule has 0 saturated heterocycles. The average Bonchev–Trinajstić information content (AvgIpc) is 2.57. The van der Waals surface area contributed by atoms with Crippen molar-refractivity contribution < 1.29 is 14.4 Å². The van der Waals surface area contributed by atoms with Crippen LogP contribution in [0.25, 0.3) is 0 Å². The number of unbranched alkanes of at least 4 members (excludes halogenated alkanes) is 6. The van der Waals surface area contributed by atoms with Crippen molar-refractivity contribution in [3.8, 4) is 0 Å². The molecule has 1 atom stereocenters. The van der Waals surface area contributed by atoms with Crippen molar-refractivity contribution in [3.05, 3.63) is 0 Å². The van der Waals surface area contributed by atoms with Crippen molar-refractivity contribution in [2.75, 3.05) is 13.1 Å². The quantitative estimate of drug-likeness (QED) is 0.388. The summed E-state index contributed by atoms with van der Waals surface area (Å²) in [6.45, 7) is 8.46. The van der Waals surface area contributed by atoms with Gasteiger partial charge in [-0.2, -0.15) is 0 Å². The molecule has 3 N–H and O–H groups in total. The summed E-state index contributed by atoms with van der Waals surface area (Å²) < 4.78 is 0. The Bertz CT molecular complexity index is 411. The number of nitrogens with one attached hydrogen (secondary N) is 3. The van der Waals surface area contributed by atoms with Crippen LogP contribution in [0.2, 0.25) is 0 Å². The molecule has 0 saturated carbocycles. The highest BCUT2D eigenvalue weighted by Crippen LogP contribution is 2.08. The van der Waals surface area contributed by atoms with Crippen LogP contribution in [0, 0.1) is 5.92 Å². The summed E-state index contributed by atoms with van der Waals surface area (Å²) in [5.41, 5.74) is 0. The molecule has 0 aromatic carbocycles. The molecule has 0 unspecified atom stereocenters. The van der Waals surface area contributed by atoms with Gasteiger partial charge < -0.3 is 16.0 Å². The fraction of sp³-hybridized carbons (Fsp3) is 0.850. The molecule has 3 amide bonds. The van der Waals surface area contributed by atoms with E-state index in [9.17, 15) is 14.4 Å². The first kappa shape index (κ1) is 24.4. The predicted molar refractivity (Wildman–Crippen MR) is 106 cm³/mol. The summed E-state index contributed by atoms with van der Waals surface area (Å²) in [5.74, 6) is -0.0949. The number of carbonyl (C=O) groups excluding carboxylic acids is 3. The van der Waals surface area contributed by atoms with Gasteiger partial charge in [-0.1, -0.05) is 59.3 Å². The minimum absolute atomic E-state index is 0.117. The van der Waals surface area contributed by atoms with Gasteiger partial charge >= 0.3 is 0 Å². The third kappa shape index (κ3) is 14.7. The highest BCUT2D eigenvalue weighted by molar-refractivity contribution is 5.88. The van der Waals surface area contributed by atoms with E-state index in [2.05, 4.69) is 36.7 Å². The fourth-order valence-electron chi connectivity index (χ4n) is 2.57. The Morgan fingerprint density at radius 1 is 0.885 bits per heavy atom. The normalized spacial score (nSPS) is 11.9. The Morgan fingerprint density at radius 3 is 2.08 bits per heavy atom. The van der Waals surface area contributed by atoms with E-state index in [1.165, 1.54) is 32.6 Å². The van der Waals surface area contributed by atoms with Gasteiger partial charge in [-0.25, -0.2) is 0 Å². The third-order valence-corrected chi connectivity index (χ3v) is 4.24. The molecule has 0 fully saturated rings. The maximum Gasteiger partial charge on any atom is 0.244 e. The van der Waals surface area contributed by atoms with E-state index in [1.54, 1.807) is 0 Å². The minimum atomic E-state index is -0.719. The number of amides is 3. The van der Waals surface area contributed by atoms with E-state index in [-0.39, 0.29) is 24.3 Å². The zero-order valence-electron chi connectivity index (χ0n) is 17.2. The Balaban J connectivity index is 4.19. The number of carbonyl (C=O) groups is 3. The van der Waals surface area contributed by atoms with Gasteiger partial charge in [-0.3, -0.25) is 14.4 Å². The SMILES string of the molecule is CCCCCCCCCC(=O)N[C@@H](CNC(C)=O)C(=O)NCCC(C)C. The highest BCUT2D eigenvalue weighted by atomic mass is 16.2. The second-order valence-electron chi connectivity index (χ2n) is 7.40. The van der Waals surface area contributed by atoms with Crippen molar-refractivity contribution >= 4 is 17.7 Å². The first-order chi connectivity index (χ1) is 12.4. The van der Waals surface area contributed by atoms with Crippen molar-refractivity contribution in [1.29, 1.82) is 0 Å². The van der Waals surface area contributed by atoms with Crippen LogP contribution in [0.5, 0.6) is 0 Å². The topological polar surface area (TPSA) is 87.3 Å². The molecule has 0 bridgehead atoms. The molecule has 0 heterocycles. The van der Waals surface area contributed by atoms with Crippen LogP contribution in [-0.2, 0) is 14.4 Å². The zero-order chi connectivity index (χ0) is 19.8. The van der Waals surface area contributed by atoms with E-state index >= 15 is 0 Å². The maximum absolute atomic E-state index is 12.3. The fourth-order valence-corrected chi connectivity index (χ4v) is 2.57. The number of hydrogen-bond acceptors (Lipinski definition) is 3. The smallest absolute Gasteiger partial charge is 0.244 e. The Kier molecular flexibility index (Phi) is 14.7. The molecule has 0 rings (SSSR count). The maximum atomic E-state index is 12.3. The standard InChI is InChI=1S/C20H39N3O3/c1-5-6-7-8-9-10-11-12-19(25)23-18(15-22-17(4)24)20(26)21-14-13-16(2)3/h16,18H,5-15H2,1-4H3,(H,21,26)(H,22,24)(H,23,25)/t18-/m0/s1. The van der Waals surface area contributed by atoms with Crippen molar-refractivity contribution in [2.24, 2.45) is 5.92 Å². The van der Waals surface area contributed by atoms with Crippen molar-refractivity contribution in [3.63, 3.8) is 0 Å². The van der Waals surface area contributed by atoms with Gasteiger partial charge in [0, 0.05) is 26.4 Å². The van der Waals surface area contributed by atoms with Gasteiger partial charge in [0.15, 0.2) is 0 Å². The summed E-state index contributed by atoms with van der Waals surface area (Å²) in [4.78, 5) is 35.5. The lowest BCUT2D eigenvalue weighted by atomic mass is 10.1. The Labute approximate surface area is 159 Å². The second-order valence-corrected chi connectivity index (χ2v) is 7.40. The molecule has 0 aliphatic heterocycles.